The number of carboxylic acid groups (broad SMARTS) is 1. The molecular formula is C25H23F2N5O2. The largest absolute Gasteiger partial charge is 0.478 e. The molecule has 2 unspecified atom stereocenters. The smallest absolute Gasteiger partial charge is 0.337 e. The van der Waals surface area contributed by atoms with Gasteiger partial charge in [0.2, 0.25) is 0 Å². The molecule has 0 radical (unpaired) electrons. The van der Waals surface area contributed by atoms with E-state index in [1.807, 2.05) is 26.0 Å². The molecule has 1 aromatic heterocycles. The van der Waals surface area contributed by atoms with Crippen molar-refractivity contribution in [3.05, 3.63) is 58.8 Å². The zero-order valence-corrected chi connectivity index (χ0v) is 18.7. The van der Waals surface area contributed by atoms with Crippen LogP contribution in [0.25, 0.3) is 11.0 Å². The van der Waals surface area contributed by atoms with Crippen molar-refractivity contribution in [2.75, 3.05) is 16.8 Å². The minimum Gasteiger partial charge on any atom is -0.478 e. The number of hydrogen-bond donors (Lipinski definition) is 2. The maximum Gasteiger partial charge on any atom is 0.337 e. The van der Waals surface area contributed by atoms with Crippen molar-refractivity contribution in [2.24, 2.45) is 5.92 Å². The molecule has 3 atom stereocenters. The third-order valence-electron chi connectivity index (χ3n) is 6.82. The van der Waals surface area contributed by atoms with Gasteiger partial charge in [0.25, 0.3) is 5.92 Å². The highest BCUT2D eigenvalue weighted by Gasteiger charge is 2.56. The summed E-state index contributed by atoms with van der Waals surface area (Å²) in [5.41, 5.74) is 3.53. The zero-order chi connectivity index (χ0) is 24.2. The predicted molar refractivity (Wildman–Crippen MR) is 123 cm³/mol. The molecule has 2 aliphatic rings. The Labute approximate surface area is 195 Å². The van der Waals surface area contributed by atoms with Crippen LogP contribution in [-0.2, 0) is 0 Å². The van der Waals surface area contributed by atoms with E-state index in [0.29, 0.717) is 29.0 Å². The molecule has 2 bridgehead atoms. The number of alkyl halides is 2. The number of carboxylic acids is 1. The second-order valence-electron chi connectivity index (χ2n) is 9.15. The predicted octanol–water partition coefficient (Wildman–Crippen LogP) is 4.92. The fraction of sp³-hybridized carbons (Fsp3) is 0.360. The third kappa shape index (κ3) is 3.59. The van der Waals surface area contributed by atoms with Gasteiger partial charge in [0.15, 0.2) is 11.5 Å². The van der Waals surface area contributed by atoms with Crippen LogP contribution in [-0.4, -0.2) is 39.6 Å². The van der Waals surface area contributed by atoms with Gasteiger partial charge in [0.05, 0.1) is 22.6 Å². The maximum atomic E-state index is 14.1. The molecule has 1 saturated carbocycles. The number of nitriles is 1. The Kier molecular flexibility index (Phi) is 5.12. The van der Waals surface area contributed by atoms with E-state index in [0.717, 1.165) is 11.1 Å². The molecule has 0 spiro atoms. The molecule has 1 aliphatic carbocycles. The summed E-state index contributed by atoms with van der Waals surface area (Å²) >= 11 is 0. The van der Waals surface area contributed by atoms with Crippen LogP contribution in [0.5, 0.6) is 0 Å². The molecule has 5 rings (SSSR count). The maximum absolute atomic E-state index is 14.1. The SMILES string of the molecule is Cc1cc([C@@H](C)Nc2ccccc2C(=O)O)c2nc(N3CC4CC3CC4(F)F)c(C#N)nc2c1. The number of hydrogen-bond acceptors (Lipinski definition) is 6. The lowest BCUT2D eigenvalue weighted by atomic mass is 10.0. The van der Waals surface area contributed by atoms with Crippen LogP contribution in [0.2, 0.25) is 0 Å². The van der Waals surface area contributed by atoms with Gasteiger partial charge in [0.1, 0.15) is 6.07 Å². The van der Waals surface area contributed by atoms with Gasteiger partial charge in [-0.2, -0.15) is 5.26 Å². The second-order valence-corrected chi connectivity index (χ2v) is 9.15. The summed E-state index contributed by atoms with van der Waals surface area (Å²) in [5, 5.41) is 22.5. The molecule has 0 amide bonds. The van der Waals surface area contributed by atoms with E-state index >= 15 is 0 Å². The monoisotopic (exact) mass is 463 g/mol. The number of carbonyl (C=O) groups is 1. The van der Waals surface area contributed by atoms with Gasteiger partial charge >= 0.3 is 5.97 Å². The number of rotatable bonds is 5. The normalized spacial score (nSPS) is 21.4. The standard InChI is InChI=1S/C25H23F2N5O2/c1-13-7-18(14(2)29-19-6-4-3-5-17(19)24(33)34)22-20(8-13)30-21(11-28)23(31-22)32-12-15-9-16(32)10-25(15,26)27/h3-8,14-16,29H,9-10,12H2,1-2H3,(H,33,34)/t14-,15?,16?/m1/s1. The minimum absolute atomic E-state index is 0.122. The van der Waals surface area contributed by atoms with Gasteiger partial charge in [0, 0.05) is 36.2 Å². The number of aromatic nitrogens is 2. The Balaban J connectivity index is 1.58. The molecule has 2 N–H and O–H groups in total. The molecule has 1 aliphatic heterocycles. The highest BCUT2D eigenvalue weighted by Crippen LogP contribution is 2.49. The summed E-state index contributed by atoms with van der Waals surface area (Å²) in [4.78, 5) is 22.8. The number of piperidine rings is 1. The average Bonchev–Trinajstić information content (AvgIpc) is 3.34. The van der Waals surface area contributed by atoms with Gasteiger partial charge in [-0.1, -0.05) is 18.2 Å². The Morgan fingerprint density at radius 1 is 1.32 bits per heavy atom. The van der Waals surface area contributed by atoms with Crippen molar-refractivity contribution in [2.45, 2.75) is 44.7 Å². The first-order valence-corrected chi connectivity index (χ1v) is 11.1. The van der Waals surface area contributed by atoms with Crippen molar-refractivity contribution >= 4 is 28.5 Å². The molecule has 7 nitrogen and oxygen atoms in total. The second kappa shape index (κ2) is 7.90. The van der Waals surface area contributed by atoms with Gasteiger partial charge in [-0.25, -0.2) is 23.5 Å². The van der Waals surface area contributed by atoms with Crippen LogP contribution in [0.15, 0.2) is 36.4 Å². The first kappa shape index (κ1) is 22.0. The highest BCUT2D eigenvalue weighted by atomic mass is 19.3. The first-order chi connectivity index (χ1) is 16.2. The highest BCUT2D eigenvalue weighted by molar-refractivity contribution is 5.94. The molecule has 34 heavy (non-hydrogen) atoms. The van der Waals surface area contributed by atoms with Crippen LogP contribution in [0, 0.1) is 24.2 Å². The lowest BCUT2D eigenvalue weighted by Crippen LogP contribution is -2.41. The van der Waals surface area contributed by atoms with Crippen LogP contribution in [0.4, 0.5) is 20.3 Å². The van der Waals surface area contributed by atoms with Gasteiger partial charge < -0.3 is 15.3 Å². The van der Waals surface area contributed by atoms with Gasteiger partial charge in [-0.15, -0.1) is 0 Å². The number of fused-ring (bicyclic) bond motifs is 3. The van der Waals surface area contributed by atoms with Crippen LogP contribution in [0.3, 0.4) is 0 Å². The van der Waals surface area contributed by atoms with Gasteiger partial charge in [-0.3, -0.25) is 0 Å². The summed E-state index contributed by atoms with van der Waals surface area (Å²) in [6.45, 7) is 3.95. The van der Waals surface area contributed by atoms with Crippen molar-refractivity contribution in [1.82, 2.24) is 9.97 Å². The number of aromatic carboxylic acids is 1. The third-order valence-corrected chi connectivity index (χ3v) is 6.82. The van der Waals surface area contributed by atoms with Crippen molar-refractivity contribution < 1.29 is 18.7 Å². The van der Waals surface area contributed by atoms with Crippen LogP contribution in [0.1, 0.15) is 53.0 Å². The average molecular weight is 463 g/mol. The minimum atomic E-state index is -2.68. The van der Waals surface area contributed by atoms with Crippen molar-refractivity contribution in [1.29, 1.82) is 5.26 Å². The number of nitrogens with zero attached hydrogens (tertiary/aromatic N) is 4. The summed E-state index contributed by atoms with van der Waals surface area (Å²) in [6, 6.07) is 11.8. The zero-order valence-electron chi connectivity index (χ0n) is 18.7. The number of nitrogens with one attached hydrogen (secondary N) is 1. The molecule has 2 aromatic carbocycles. The van der Waals surface area contributed by atoms with E-state index in [1.165, 1.54) is 6.07 Å². The van der Waals surface area contributed by atoms with E-state index in [-0.39, 0.29) is 36.3 Å². The molecule has 1 saturated heterocycles. The van der Waals surface area contributed by atoms with Crippen molar-refractivity contribution in [3.8, 4) is 6.07 Å². The summed E-state index contributed by atoms with van der Waals surface area (Å²) < 4.78 is 28.2. The lowest BCUT2D eigenvalue weighted by molar-refractivity contribution is -0.0411. The van der Waals surface area contributed by atoms with E-state index in [1.54, 1.807) is 23.1 Å². The quantitative estimate of drug-likeness (QED) is 0.554. The number of anilines is 2. The van der Waals surface area contributed by atoms with Crippen LogP contribution < -0.4 is 10.2 Å². The summed E-state index contributed by atoms with van der Waals surface area (Å²) in [6.07, 6.45) is 0.134. The molecule has 9 heteroatoms. The van der Waals surface area contributed by atoms with E-state index in [2.05, 4.69) is 16.4 Å². The van der Waals surface area contributed by atoms with E-state index < -0.39 is 17.8 Å². The number of para-hydroxylation sites is 1. The fourth-order valence-corrected chi connectivity index (χ4v) is 5.19. The molecule has 3 aromatic rings. The summed E-state index contributed by atoms with van der Waals surface area (Å²) in [5.74, 6) is -4.13. The Bertz CT molecular complexity index is 1350. The first-order valence-electron chi connectivity index (χ1n) is 11.1. The molecule has 174 valence electrons. The van der Waals surface area contributed by atoms with E-state index in [9.17, 15) is 23.9 Å². The Morgan fingerprint density at radius 3 is 2.74 bits per heavy atom. The topological polar surface area (TPSA) is 102 Å². The molecular weight excluding hydrogens is 440 g/mol. The fourth-order valence-electron chi connectivity index (χ4n) is 5.19. The molecule has 2 heterocycles. The lowest BCUT2D eigenvalue weighted by Gasteiger charge is -2.32. The Morgan fingerprint density at radius 2 is 2.09 bits per heavy atom. The van der Waals surface area contributed by atoms with Gasteiger partial charge in [-0.05, 0) is 44.0 Å². The summed E-state index contributed by atoms with van der Waals surface area (Å²) in [7, 11) is 0. The Hall–Kier alpha value is -3.80. The van der Waals surface area contributed by atoms with Crippen LogP contribution >= 0.6 is 0 Å². The van der Waals surface area contributed by atoms with E-state index in [4.69, 9.17) is 4.98 Å². The van der Waals surface area contributed by atoms with Crippen molar-refractivity contribution in [3.63, 3.8) is 0 Å². The number of benzene rings is 2. The number of halogens is 2. The number of aryl methyl sites for hydroxylation is 1. The molecule has 2 fully saturated rings.